The second kappa shape index (κ2) is 51.6. The molecule has 68 heavy (non-hydrogen) atoms. The van der Waals surface area contributed by atoms with Crippen LogP contribution in [0.5, 0.6) is 0 Å². The van der Waals surface area contributed by atoms with Crippen molar-refractivity contribution < 1.29 is 52.2 Å². The highest BCUT2D eigenvalue weighted by Gasteiger charge is 2.28. The number of aliphatic hydroxyl groups is 1. The number of aliphatic hydroxyl groups excluding tert-OH is 1. The molecule has 0 aliphatic rings. The molecule has 0 aromatic heterocycles. The van der Waals surface area contributed by atoms with Crippen LogP contribution in [0.4, 0.5) is 0 Å². The van der Waals surface area contributed by atoms with E-state index in [1.165, 1.54) is 154 Å². The van der Waals surface area contributed by atoms with Gasteiger partial charge in [-0.1, -0.05) is 238 Å². The third-order valence-electron chi connectivity index (χ3n) is 12.7. The van der Waals surface area contributed by atoms with Crippen LogP contribution in [0.15, 0.2) is 12.2 Å². The third-order valence-corrected chi connectivity index (χ3v) is 13.6. The summed E-state index contributed by atoms with van der Waals surface area (Å²) in [6.07, 6.45) is 49.0. The summed E-state index contributed by atoms with van der Waals surface area (Å²) in [5.41, 5.74) is 0. The van der Waals surface area contributed by atoms with Crippen molar-refractivity contribution in [3.8, 4) is 0 Å². The molecule has 0 bridgehead atoms. The number of phosphoric acid groups is 1. The van der Waals surface area contributed by atoms with E-state index in [2.05, 4.69) is 32.9 Å². The molecule has 0 aliphatic heterocycles. The number of esters is 3. The maximum atomic E-state index is 12.8. The summed E-state index contributed by atoms with van der Waals surface area (Å²) in [5, 5.41) is 9.76. The Morgan fingerprint density at radius 1 is 0.397 bits per heavy atom. The number of hydrogen-bond acceptors (Lipinski definition) is 10. The Morgan fingerprint density at radius 3 is 1.03 bits per heavy atom. The average Bonchev–Trinajstić information content (AvgIpc) is 3.32. The number of carbonyl (C=O) groups is 3. The molecule has 0 fully saturated rings. The molecule has 11 nitrogen and oxygen atoms in total. The van der Waals surface area contributed by atoms with E-state index in [1.807, 2.05) is 0 Å². The monoisotopic (exact) mass is 987 g/mol. The Morgan fingerprint density at radius 2 is 0.676 bits per heavy atom. The zero-order chi connectivity index (χ0) is 49.9. The number of hydrogen-bond donors (Lipinski definition) is 2. The van der Waals surface area contributed by atoms with Crippen LogP contribution in [0.3, 0.4) is 0 Å². The fourth-order valence-corrected chi connectivity index (χ4v) is 9.08. The van der Waals surface area contributed by atoms with Gasteiger partial charge in [0.25, 0.3) is 0 Å². The highest BCUT2D eigenvalue weighted by atomic mass is 31.2. The topological polar surface area (TPSA) is 155 Å². The van der Waals surface area contributed by atoms with Gasteiger partial charge in [-0.25, -0.2) is 4.57 Å². The highest BCUT2D eigenvalue weighted by Crippen LogP contribution is 2.43. The summed E-state index contributed by atoms with van der Waals surface area (Å²) >= 11 is 0. The van der Waals surface area contributed by atoms with Crippen LogP contribution in [0.1, 0.15) is 290 Å². The van der Waals surface area contributed by atoms with E-state index in [9.17, 15) is 28.9 Å². The molecule has 0 aliphatic carbocycles. The highest BCUT2D eigenvalue weighted by molar-refractivity contribution is 7.47. The number of allylic oxidation sites excluding steroid dienone is 2. The molecular formula is C56H107O11P. The molecule has 3 unspecified atom stereocenters. The lowest BCUT2D eigenvalue weighted by Gasteiger charge is -2.21. The molecular weight excluding hydrogens is 880 g/mol. The van der Waals surface area contributed by atoms with E-state index in [-0.39, 0.29) is 25.9 Å². The zero-order valence-corrected chi connectivity index (χ0v) is 45.2. The molecule has 3 atom stereocenters. The van der Waals surface area contributed by atoms with Crippen LogP contribution in [-0.4, -0.2) is 66.5 Å². The molecule has 0 radical (unpaired) electrons. The fraction of sp³-hybridized carbons (Fsp3) is 0.911. The van der Waals surface area contributed by atoms with Gasteiger partial charge in [-0.15, -0.1) is 0 Å². The predicted molar refractivity (Wildman–Crippen MR) is 280 cm³/mol. The third kappa shape index (κ3) is 49.2. The quantitative estimate of drug-likeness (QED) is 0.0197. The molecule has 12 heteroatoms. The molecule has 0 aromatic rings. The molecule has 0 saturated heterocycles. The first-order valence-corrected chi connectivity index (χ1v) is 30.1. The van der Waals surface area contributed by atoms with Crippen LogP contribution in [0, 0.1) is 0 Å². The SMILES string of the molecule is CCCCCC/C=C\CCCCCCCC(=O)OC(COC(=O)CCCCCCCCCCCCCCCCCCCCC)COP(=O)(O)OCC(CO)OC(=O)CCCCCCCCCCC. The van der Waals surface area contributed by atoms with Crippen molar-refractivity contribution in [2.75, 3.05) is 26.4 Å². The van der Waals surface area contributed by atoms with Crippen molar-refractivity contribution in [3.05, 3.63) is 12.2 Å². The Balaban J connectivity index is 4.63. The van der Waals surface area contributed by atoms with Gasteiger partial charge in [0.2, 0.25) is 0 Å². The minimum Gasteiger partial charge on any atom is -0.462 e. The lowest BCUT2D eigenvalue weighted by molar-refractivity contribution is -0.161. The van der Waals surface area contributed by atoms with Gasteiger partial charge in [-0.2, -0.15) is 0 Å². The van der Waals surface area contributed by atoms with Gasteiger partial charge in [0, 0.05) is 19.3 Å². The van der Waals surface area contributed by atoms with Crippen molar-refractivity contribution in [1.82, 2.24) is 0 Å². The van der Waals surface area contributed by atoms with Crippen LogP contribution in [-0.2, 0) is 42.2 Å². The normalized spacial score (nSPS) is 13.4. The van der Waals surface area contributed by atoms with E-state index in [1.54, 1.807) is 0 Å². The molecule has 0 aromatic carbocycles. The van der Waals surface area contributed by atoms with Gasteiger partial charge < -0.3 is 24.2 Å². The molecule has 2 N–H and O–H groups in total. The van der Waals surface area contributed by atoms with Crippen LogP contribution in [0.25, 0.3) is 0 Å². The van der Waals surface area contributed by atoms with E-state index < -0.39 is 57.8 Å². The smallest absolute Gasteiger partial charge is 0.462 e. The van der Waals surface area contributed by atoms with Gasteiger partial charge in [-0.05, 0) is 44.9 Å². The lowest BCUT2D eigenvalue weighted by atomic mass is 10.0. The van der Waals surface area contributed by atoms with E-state index in [4.69, 9.17) is 23.3 Å². The number of rotatable bonds is 54. The van der Waals surface area contributed by atoms with E-state index in [0.29, 0.717) is 19.3 Å². The van der Waals surface area contributed by atoms with E-state index >= 15 is 0 Å². The first-order valence-electron chi connectivity index (χ1n) is 28.6. The Kier molecular flexibility index (Phi) is 50.2. The Bertz CT molecular complexity index is 1200. The predicted octanol–water partition coefficient (Wildman–Crippen LogP) is 16.5. The number of carbonyl (C=O) groups excluding carboxylic acids is 3. The summed E-state index contributed by atoms with van der Waals surface area (Å²) in [4.78, 5) is 48.3. The molecule has 0 rings (SSSR count). The number of phosphoric ester groups is 1. The number of unbranched alkanes of at least 4 members (excludes halogenated alkanes) is 35. The zero-order valence-electron chi connectivity index (χ0n) is 44.4. The summed E-state index contributed by atoms with van der Waals surface area (Å²) in [7, 11) is -4.73. The number of ether oxygens (including phenoxy) is 3. The summed E-state index contributed by atoms with van der Waals surface area (Å²) < 4.78 is 39.4. The van der Waals surface area contributed by atoms with E-state index in [0.717, 1.165) is 77.0 Å². The van der Waals surface area contributed by atoms with Crippen LogP contribution < -0.4 is 0 Å². The van der Waals surface area contributed by atoms with Crippen LogP contribution >= 0.6 is 7.82 Å². The van der Waals surface area contributed by atoms with Crippen molar-refractivity contribution in [1.29, 1.82) is 0 Å². The molecule has 0 amide bonds. The molecule has 0 saturated carbocycles. The van der Waals surface area contributed by atoms with Crippen LogP contribution in [0.2, 0.25) is 0 Å². The average molecular weight is 987 g/mol. The van der Waals surface area contributed by atoms with Gasteiger partial charge in [0.05, 0.1) is 19.8 Å². The molecule has 0 spiro atoms. The largest absolute Gasteiger partial charge is 0.472 e. The van der Waals surface area contributed by atoms with Gasteiger partial charge >= 0.3 is 25.7 Å². The van der Waals surface area contributed by atoms with Gasteiger partial charge in [0.1, 0.15) is 12.7 Å². The van der Waals surface area contributed by atoms with Gasteiger partial charge in [-0.3, -0.25) is 23.4 Å². The minimum atomic E-state index is -4.73. The summed E-state index contributed by atoms with van der Waals surface area (Å²) in [5.74, 6) is -1.45. The Hall–Kier alpha value is -1.78. The lowest BCUT2D eigenvalue weighted by Crippen LogP contribution is -2.30. The van der Waals surface area contributed by atoms with Crippen molar-refractivity contribution in [3.63, 3.8) is 0 Å². The summed E-state index contributed by atoms with van der Waals surface area (Å²) in [6, 6.07) is 0. The standard InChI is InChI=1S/C56H107O11P/c1-4-7-10-13-16-19-21-23-24-25-26-27-28-30-31-34-36-39-42-45-54(58)63-49-53(67-56(60)47-44-41-38-35-32-29-22-20-17-14-11-8-5-2)51-65-68(61,62)64-50-52(48-57)66-55(59)46-43-40-37-33-18-15-12-9-6-3/h20,22,52-53,57H,4-19,21,23-51H2,1-3H3,(H,61,62)/b22-20-. The minimum absolute atomic E-state index is 0.164. The van der Waals surface area contributed by atoms with Crippen molar-refractivity contribution in [2.24, 2.45) is 0 Å². The first kappa shape index (κ1) is 66.2. The maximum Gasteiger partial charge on any atom is 0.472 e. The van der Waals surface area contributed by atoms with Gasteiger partial charge in [0.15, 0.2) is 6.10 Å². The molecule has 402 valence electrons. The van der Waals surface area contributed by atoms with Crippen molar-refractivity contribution >= 4 is 25.7 Å². The second-order valence-electron chi connectivity index (χ2n) is 19.5. The van der Waals surface area contributed by atoms with Crippen molar-refractivity contribution in [2.45, 2.75) is 303 Å². The maximum absolute atomic E-state index is 12.8. The fourth-order valence-electron chi connectivity index (χ4n) is 8.29. The summed E-state index contributed by atoms with van der Waals surface area (Å²) in [6.45, 7) is 4.64. The second-order valence-corrected chi connectivity index (χ2v) is 20.9. The molecule has 0 heterocycles. The Labute approximate surface area is 417 Å². The first-order chi connectivity index (χ1) is 33.2.